The first-order valence-electron chi connectivity index (χ1n) is 9.44. The highest BCUT2D eigenvalue weighted by molar-refractivity contribution is 7.92. The Bertz CT molecular complexity index is 879. The van der Waals surface area contributed by atoms with Crippen molar-refractivity contribution in [3.8, 4) is 5.75 Å². The smallest absolute Gasteiger partial charge is 0.183 e. The Hall–Kier alpha value is -1.89. The van der Waals surface area contributed by atoms with Crippen molar-refractivity contribution in [3.63, 3.8) is 0 Å². The number of aromatic hydroxyl groups is 1. The van der Waals surface area contributed by atoms with Gasteiger partial charge >= 0.3 is 0 Å². The summed E-state index contributed by atoms with van der Waals surface area (Å²) in [6, 6.07) is 13.3. The molecule has 0 amide bonds. The zero-order valence-corrected chi connectivity index (χ0v) is 16.5. The van der Waals surface area contributed by atoms with E-state index >= 15 is 0 Å². The van der Waals surface area contributed by atoms with Gasteiger partial charge in [-0.3, -0.25) is 0 Å². The van der Waals surface area contributed by atoms with Gasteiger partial charge < -0.3 is 15.5 Å². The minimum absolute atomic E-state index is 0.171. The van der Waals surface area contributed by atoms with Gasteiger partial charge in [0.15, 0.2) is 9.84 Å². The van der Waals surface area contributed by atoms with E-state index < -0.39 is 21.2 Å². The Morgan fingerprint density at radius 2 is 1.74 bits per heavy atom. The van der Waals surface area contributed by atoms with Gasteiger partial charge in [0.05, 0.1) is 22.3 Å². The molecule has 2 aromatic rings. The fourth-order valence-electron chi connectivity index (χ4n) is 3.82. The Morgan fingerprint density at radius 3 is 2.37 bits per heavy atom. The van der Waals surface area contributed by atoms with Crippen LogP contribution in [0.5, 0.6) is 5.75 Å². The zero-order chi connectivity index (χ0) is 19.6. The van der Waals surface area contributed by atoms with Gasteiger partial charge in [-0.2, -0.15) is 0 Å². The third kappa shape index (κ3) is 3.88. The number of aliphatic hydroxyl groups is 1. The number of benzene rings is 2. The summed E-state index contributed by atoms with van der Waals surface area (Å²) in [6.07, 6.45) is 0.702. The van der Waals surface area contributed by atoms with Crippen LogP contribution in [-0.2, 0) is 9.84 Å². The minimum atomic E-state index is -3.61. The second-order valence-electron chi connectivity index (χ2n) is 7.13. The fourth-order valence-corrected chi connectivity index (χ4v) is 6.11. The van der Waals surface area contributed by atoms with Crippen molar-refractivity contribution >= 4 is 9.84 Å². The van der Waals surface area contributed by atoms with Crippen molar-refractivity contribution in [3.05, 3.63) is 59.7 Å². The molecular formula is C21H27NO4S. The number of sulfone groups is 1. The number of hydrogen-bond donors (Lipinski definition) is 3. The normalized spacial score (nSPS) is 25.4. The summed E-state index contributed by atoms with van der Waals surface area (Å²) in [5.41, 5.74) is 1.60. The van der Waals surface area contributed by atoms with E-state index in [2.05, 4.69) is 5.32 Å². The van der Waals surface area contributed by atoms with E-state index in [-0.39, 0.29) is 24.3 Å². The van der Waals surface area contributed by atoms with Crippen LogP contribution in [0.15, 0.2) is 53.4 Å². The molecule has 1 aliphatic heterocycles. The average Bonchev–Trinajstić information content (AvgIpc) is 2.76. The highest BCUT2D eigenvalue weighted by atomic mass is 32.2. The molecule has 0 saturated carbocycles. The molecule has 3 N–H and O–H groups in total. The number of hydrogen-bond acceptors (Lipinski definition) is 5. The summed E-state index contributed by atoms with van der Waals surface area (Å²) in [5, 5.41) is 22.6. The maximum atomic E-state index is 13.5. The first-order valence-corrected chi connectivity index (χ1v) is 11.0. The van der Waals surface area contributed by atoms with E-state index in [1.165, 1.54) is 0 Å². The van der Waals surface area contributed by atoms with Crippen molar-refractivity contribution in [2.75, 3.05) is 0 Å². The van der Waals surface area contributed by atoms with E-state index in [0.29, 0.717) is 23.3 Å². The quantitative estimate of drug-likeness (QED) is 0.731. The molecule has 1 heterocycles. The van der Waals surface area contributed by atoms with Gasteiger partial charge in [-0.25, -0.2) is 8.42 Å². The summed E-state index contributed by atoms with van der Waals surface area (Å²) >= 11 is 0. The monoisotopic (exact) mass is 389 g/mol. The van der Waals surface area contributed by atoms with Crippen LogP contribution in [0, 0.1) is 0 Å². The van der Waals surface area contributed by atoms with Gasteiger partial charge in [-0.05, 0) is 48.6 Å². The fraction of sp³-hybridized carbons (Fsp3) is 0.429. The summed E-state index contributed by atoms with van der Waals surface area (Å²) < 4.78 is 27.0. The molecule has 0 radical (unpaired) electrons. The number of aliphatic hydroxyl groups excluding tert-OH is 1. The topological polar surface area (TPSA) is 86.6 Å². The van der Waals surface area contributed by atoms with Gasteiger partial charge in [0.25, 0.3) is 0 Å². The lowest BCUT2D eigenvalue weighted by Gasteiger charge is -2.28. The summed E-state index contributed by atoms with van der Waals surface area (Å²) in [6.45, 7) is 3.82. The van der Waals surface area contributed by atoms with Gasteiger partial charge in [0, 0.05) is 6.04 Å². The molecule has 6 heteroatoms. The lowest BCUT2D eigenvalue weighted by atomic mass is 9.95. The number of rotatable bonds is 5. The van der Waals surface area contributed by atoms with Crippen molar-refractivity contribution < 1.29 is 18.6 Å². The molecule has 1 aliphatic rings. The Balaban J connectivity index is 2.15. The molecule has 0 aromatic heterocycles. The van der Waals surface area contributed by atoms with Crippen LogP contribution < -0.4 is 5.32 Å². The van der Waals surface area contributed by atoms with E-state index in [4.69, 9.17) is 0 Å². The van der Waals surface area contributed by atoms with Crippen LogP contribution in [0.2, 0.25) is 0 Å². The first kappa shape index (κ1) is 19.9. The molecule has 1 unspecified atom stereocenters. The minimum Gasteiger partial charge on any atom is -0.508 e. The molecular weight excluding hydrogens is 362 g/mol. The highest BCUT2D eigenvalue weighted by Gasteiger charge is 2.41. The molecule has 27 heavy (non-hydrogen) atoms. The van der Waals surface area contributed by atoms with E-state index in [0.717, 1.165) is 5.56 Å². The SMILES string of the molecule is CC[C@@H](O)C[C@@H]1[C@@H](CC)NC(c2ccc(O)cc2)c2ccccc2S1(=O)=O. The van der Waals surface area contributed by atoms with Crippen LogP contribution in [0.3, 0.4) is 0 Å². The van der Waals surface area contributed by atoms with Crippen molar-refractivity contribution in [1.29, 1.82) is 0 Å². The van der Waals surface area contributed by atoms with E-state index in [1.54, 1.807) is 24.3 Å². The van der Waals surface area contributed by atoms with Gasteiger partial charge in [0.1, 0.15) is 5.75 Å². The zero-order valence-electron chi connectivity index (χ0n) is 15.7. The van der Waals surface area contributed by atoms with Gasteiger partial charge in [-0.15, -0.1) is 0 Å². The molecule has 0 bridgehead atoms. The molecule has 0 aliphatic carbocycles. The van der Waals surface area contributed by atoms with Gasteiger partial charge in [-0.1, -0.05) is 44.2 Å². The molecule has 4 atom stereocenters. The predicted molar refractivity (Wildman–Crippen MR) is 105 cm³/mol. The van der Waals surface area contributed by atoms with Crippen molar-refractivity contribution in [1.82, 2.24) is 5.32 Å². The van der Waals surface area contributed by atoms with Crippen LogP contribution in [0.1, 0.15) is 50.3 Å². The largest absolute Gasteiger partial charge is 0.508 e. The predicted octanol–water partition coefficient (Wildman–Crippen LogP) is 3.17. The van der Waals surface area contributed by atoms with Crippen molar-refractivity contribution in [2.45, 2.75) is 61.4 Å². The maximum Gasteiger partial charge on any atom is 0.183 e. The second kappa shape index (κ2) is 8.00. The number of phenols is 1. The number of fused-ring (bicyclic) bond motifs is 1. The number of nitrogens with one attached hydrogen (secondary N) is 1. The average molecular weight is 390 g/mol. The Morgan fingerprint density at radius 1 is 1.07 bits per heavy atom. The molecule has 146 valence electrons. The molecule has 0 saturated heterocycles. The molecule has 0 spiro atoms. The van der Waals surface area contributed by atoms with Crippen LogP contribution >= 0.6 is 0 Å². The molecule has 3 rings (SSSR count). The van der Waals surface area contributed by atoms with E-state index in [1.807, 2.05) is 38.1 Å². The number of phenolic OH excluding ortho intramolecular Hbond substituents is 1. The summed E-state index contributed by atoms with van der Waals surface area (Å²) in [5.74, 6) is 0.171. The molecule has 5 nitrogen and oxygen atoms in total. The van der Waals surface area contributed by atoms with Gasteiger partial charge in [0.2, 0.25) is 0 Å². The maximum absolute atomic E-state index is 13.5. The van der Waals surface area contributed by atoms with Crippen LogP contribution in [-0.4, -0.2) is 36.0 Å². The Labute approximate surface area is 161 Å². The lowest BCUT2D eigenvalue weighted by molar-refractivity contribution is 0.153. The van der Waals surface area contributed by atoms with Crippen LogP contribution in [0.25, 0.3) is 0 Å². The van der Waals surface area contributed by atoms with Crippen LogP contribution in [0.4, 0.5) is 0 Å². The standard InChI is InChI=1S/C21H27NO4S/c1-3-15(23)13-20-18(4-2)22-21(14-9-11-16(24)12-10-14)17-7-5-6-8-19(17)27(20,25)26/h5-12,15,18,20-24H,3-4,13H2,1-2H3/t15-,18-,20-,21?/m1/s1. The second-order valence-corrected chi connectivity index (χ2v) is 9.26. The Kier molecular flexibility index (Phi) is 5.89. The highest BCUT2D eigenvalue weighted by Crippen LogP contribution is 2.37. The summed E-state index contributed by atoms with van der Waals surface area (Å²) in [4.78, 5) is 0.319. The van der Waals surface area contributed by atoms with E-state index in [9.17, 15) is 18.6 Å². The third-order valence-electron chi connectivity index (χ3n) is 5.41. The first-order chi connectivity index (χ1) is 12.9. The molecule has 0 fully saturated rings. The van der Waals surface area contributed by atoms with Crippen molar-refractivity contribution in [2.24, 2.45) is 0 Å². The summed E-state index contributed by atoms with van der Waals surface area (Å²) in [7, 11) is -3.61. The third-order valence-corrected chi connectivity index (χ3v) is 7.71. The lowest BCUT2D eigenvalue weighted by Crippen LogP contribution is -2.44. The molecule has 2 aromatic carbocycles.